The molecule has 2 aliphatic rings. The number of nitrogens with two attached hydrogens (primary N) is 1. The number of esters is 1. The van der Waals surface area contributed by atoms with Gasteiger partial charge in [-0.1, -0.05) is 18.2 Å². The summed E-state index contributed by atoms with van der Waals surface area (Å²) in [6.45, 7) is 2.70. The molecule has 2 atom stereocenters. The molecule has 2 aliphatic heterocycles. The van der Waals surface area contributed by atoms with Crippen molar-refractivity contribution in [1.29, 1.82) is 0 Å². The molecule has 0 saturated heterocycles. The second-order valence-electron chi connectivity index (χ2n) is 8.29. The molecule has 0 saturated carbocycles. The van der Waals surface area contributed by atoms with Crippen LogP contribution in [0, 0.1) is 0 Å². The van der Waals surface area contributed by atoms with Crippen molar-refractivity contribution in [2.45, 2.75) is 37.8 Å². The number of guanidine groups is 1. The lowest BCUT2D eigenvalue weighted by atomic mass is 9.79. The van der Waals surface area contributed by atoms with Gasteiger partial charge >= 0.3 is 5.97 Å². The van der Waals surface area contributed by atoms with Gasteiger partial charge in [0.15, 0.2) is 11.5 Å². The van der Waals surface area contributed by atoms with Crippen molar-refractivity contribution in [3.8, 4) is 16.9 Å². The third kappa shape index (κ3) is 4.18. The average molecular weight is 452 g/mol. The Morgan fingerprint density at radius 3 is 2.76 bits per heavy atom. The summed E-state index contributed by atoms with van der Waals surface area (Å²) in [5.41, 5.74) is 7.77. The molecule has 2 heterocycles. The molecule has 0 radical (unpaired) electrons. The predicted octanol–water partition coefficient (Wildman–Crippen LogP) is 3.09. The molecule has 1 spiro atoms. The van der Waals surface area contributed by atoms with Gasteiger partial charge in [0, 0.05) is 32.7 Å². The van der Waals surface area contributed by atoms with Gasteiger partial charge in [-0.25, -0.2) is 9.79 Å². The SMILES string of the molecule is CCOC(=O)c1cccc(-c2ccc3c(c2)[C@]2(C[C@@H](CCCOC)O3)N=C(N)N(C)C2=O)c1. The highest BCUT2D eigenvalue weighted by Gasteiger charge is 2.53. The van der Waals surface area contributed by atoms with Crippen molar-refractivity contribution in [1.82, 2.24) is 4.90 Å². The topological polar surface area (TPSA) is 103 Å². The van der Waals surface area contributed by atoms with Crippen LogP contribution in [0.25, 0.3) is 11.1 Å². The first-order valence-corrected chi connectivity index (χ1v) is 11.1. The molecule has 0 aliphatic carbocycles. The third-order valence-corrected chi connectivity index (χ3v) is 6.13. The van der Waals surface area contributed by atoms with Crippen molar-refractivity contribution < 1.29 is 23.8 Å². The second-order valence-corrected chi connectivity index (χ2v) is 8.29. The Bertz CT molecular complexity index is 1100. The minimum absolute atomic E-state index is 0.168. The lowest BCUT2D eigenvalue weighted by molar-refractivity contribution is -0.132. The molecule has 2 aromatic carbocycles. The molecule has 1 amide bonds. The number of hydrogen-bond donors (Lipinski definition) is 1. The molecule has 2 aromatic rings. The lowest BCUT2D eigenvalue weighted by Gasteiger charge is -2.37. The molecular weight excluding hydrogens is 422 g/mol. The Morgan fingerprint density at radius 1 is 1.27 bits per heavy atom. The Balaban J connectivity index is 1.75. The number of methoxy groups -OCH3 is 1. The van der Waals surface area contributed by atoms with Crippen LogP contribution < -0.4 is 10.5 Å². The fourth-order valence-corrected chi connectivity index (χ4v) is 4.46. The van der Waals surface area contributed by atoms with Crippen LogP contribution in [0.2, 0.25) is 0 Å². The van der Waals surface area contributed by atoms with Crippen molar-refractivity contribution in [2.75, 3.05) is 27.4 Å². The number of amides is 1. The lowest BCUT2D eigenvalue weighted by Crippen LogP contribution is -2.45. The summed E-state index contributed by atoms with van der Waals surface area (Å²) in [5.74, 6) is 0.270. The smallest absolute Gasteiger partial charge is 0.338 e. The minimum atomic E-state index is -1.13. The molecule has 2 N–H and O–H groups in total. The maximum Gasteiger partial charge on any atom is 0.338 e. The van der Waals surface area contributed by atoms with E-state index < -0.39 is 5.54 Å². The number of benzene rings is 2. The Hall–Kier alpha value is -3.39. The normalized spacial score (nSPS) is 21.5. The molecule has 0 unspecified atom stereocenters. The summed E-state index contributed by atoms with van der Waals surface area (Å²) in [6.07, 6.45) is 1.77. The first kappa shape index (κ1) is 22.8. The van der Waals surface area contributed by atoms with E-state index in [2.05, 4.69) is 4.99 Å². The van der Waals surface area contributed by atoms with Gasteiger partial charge in [-0.3, -0.25) is 9.69 Å². The van der Waals surface area contributed by atoms with Crippen LogP contribution in [-0.2, 0) is 19.8 Å². The van der Waals surface area contributed by atoms with Gasteiger partial charge in [-0.15, -0.1) is 0 Å². The first-order valence-electron chi connectivity index (χ1n) is 11.1. The summed E-state index contributed by atoms with van der Waals surface area (Å²) >= 11 is 0. The van der Waals surface area contributed by atoms with E-state index in [1.807, 2.05) is 30.3 Å². The zero-order valence-electron chi connectivity index (χ0n) is 19.2. The largest absolute Gasteiger partial charge is 0.490 e. The Morgan fingerprint density at radius 2 is 2.06 bits per heavy atom. The summed E-state index contributed by atoms with van der Waals surface area (Å²) in [6, 6.07) is 12.9. The fourth-order valence-electron chi connectivity index (χ4n) is 4.46. The van der Waals surface area contributed by atoms with Crippen LogP contribution in [0.4, 0.5) is 0 Å². The molecule has 4 rings (SSSR count). The molecule has 8 nitrogen and oxygen atoms in total. The van der Waals surface area contributed by atoms with Gasteiger partial charge in [0.2, 0.25) is 0 Å². The number of rotatable bonds is 7. The van der Waals surface area contributed by atoms with Crippen molar-refractivity contribution in [2.24, 2.45) is 10.7 Å². The van der Waals surface area contributed by atoms with Gasteiger partial charge in [-0.2, -0.15) is 0 Å². The average Bonchev–Trinajstić information content (AvgIpc) is 3.03. The summed E-state index contributed by atoms with van der Waals surface area (Å²) in [5, 5.41) is 0. The monoisotopic (exact) mass is 451 g/mol. The van der Waals surface area contributed by atoms with E-state index in [9.17, 15) is 9.59 Å². The van der Waals surface area contributed by atoms with E-state index in [1.165, 1.54) is 4.90 Å². The number of nitrogens with zero attached hydrogens (tertiary/aromatic N) is 2. The summed E-state index contributed by atoms with van der Waals surface area (Å²) in [7, 11) is 3.30. The van der Waals surface area contributed by atoms with Crippen LogP contribution in [0.3, 0.4) is 0 Å². The number of aliphatic imine (C=N–C) groups is 1. The summed E-state index contributed by atoms with van der Waals surface area (Å²) < 4.78 is 16.6. The van der Waals surface area contributed by atoms with Crippen LogP contribution in [-0.4, -0.2) is 56.2 Å². The fraction of sp³-hybridized carbons (Fsp3) is 0.400. The standard InChI is InChI=1S/C25H29N3O5/c1-4-32-22(29)18-8-5-7-16(13-18)17-10-11-21-20(14-17)25(23(30)28(2)24(26)27-25)15-19(33-21)9-6-12-31-3/h5,7-8,10-11,13-14,19H,4,6,9,12,15H2,1-3H3,(H2,26,27)/t19-,25+/m1/s1. The van der Waals surface area contributed by atoms with Gasteiger partial charge in [0.05, 0.1) is 12.2 Å². The molecular formula is C25H29N3O5. The van der Waals surface area contributed by atoms with E-state index >= 15 is 0 Å². The molecule has 0 bridgehead atoms. The van der Waals surface area contributed by atoms with E-state index in [-0.39, 0.29) is 23.9 Å². The van der Waals surface area contributed by atoms with Crippen LogP contribution >= 0.6 is 0 Å². The molecule has 8 heteroatoms. The molecule has 174 valence electrons. The Labute approximate surface area is 193 Å². The quantitative estimate of drug-likeness (QED) is 0.513. The van der Waals surface area contributed by atoms with Gasteiger partial charge in [-0.05, 0) is 55.2 Å². The zero-order valence-corrected chi connectivity index (χ0v) is 19.2. The van der Waals surface area contributed by atoms with Gasteiger partial charge in [0.25, 0.3) is 5.91 Å². The minimum Gasteiger partial charge on any atom is -0.490 e. The highest BCUT2D eigenvalue weighted by atomic mass is 16.5. The maximum atomic E-state index is 13.4. The van der Waals surface area contributed by atoms with Crippen molar-refractivity contribution >= 4 is 17.8 Å². The highest BCUT2D eigenvalue weighted by molar-refractivity contribution is 6.07. The van der Waals surface area contributed by atoms with E-state index in [0.717, 1.165) is 24.0 Å². The predicted molar refractivity (Wildman–Crippen MR) is 124 cm³/mol. The van der Waals surface area contributed by atoms with Gasteiger partial charge in [0.1, 0.15) is 11.9 Å². The molecule has 33 heavy (non-hydrogen) atoms. The van der Waals surface area contributed by atoms with Crippen LogP contribution in [0.5, 0.6) is 5.75 Å². The number of ether oxygens (including phenoxy) is 3. The number of carbonyl (C=O) groups is 2. The maximum absolute atomic E-state index is 13.4. The second kappa shape index (κ2) is 9.23. The number of carbonyl (C=O) groups excluding carboxylic acids is 2. The molecule has 0 fully saturated rings. The van der Waals surface area contributed by atoms with E-state index in [4.69, 9.17) is 19.9 Å². The van der Waals surface area contributed by atoms with E-state index in [0.29, 0.717) is 36.5 Å². The van der Waals surface area contributed by atoms with Crippen LogP contribution in [0.15, 0.2) is 47.5 Å². The molecule has 0 aromatic heterocycles. The Kier molecular flexibility index (Phi) is 6.37. The van der Waals surface area contributed by atoms with Crippen LogP contribution in [0.1, 0.15) is 42.1 Å². The number of hydrogen-bond acceptors (Lipinski definition) is 7. The third-order valence-electron chi connectivity index (χ3n) is 6.13. The zero-order chi connectivity index (χ0) is 23.6. The number of likely N-dealkylation sites (N-methyl/N-ethyl adjacent to an activating group) is 1. The van der Waals surface area contributed by atoms with E-state index in [1.54, 1.807) is 33.2 Å². The highest BCUT2D eigenvalue weighted by Crippen LogP contribution is 2.47. The first-order chi connectivity index (χ1) is 15.9. The van der Waals surface area contributed by atoms with Crippen molar-refractivity contribution in [3.05, 3.63) is 53.6 Å². The van der Waals surface area contributed by atoms with Crippen molar-refractivity contribution in [3.63, 3.8) is 0 Å². The number of fused-ring (bicyclic) bond motifs is 2. The summed E-state index contributed by atoms with van der Waals surface area (Å²) in [4.78, 5) is 31.6. The van der Waals surface area contributed by atoms with Gasteiger partial charge < -0.3 is 19.9 Å².